The molecule has 0 aliphatic rings. The molecule has 0 spiro atoms. The van der Waals surface area contributed by atoms with Crippen LogP contribution in [-0.2, 0) is 5.60 Å². The Morgan fingerprint density at radius 2 is 1.65 bits per heavy atom. The molecule has 2 atom stereocenters. The average Bonchev–Trinajstić information content (AvgIpc) is 2.55. The van der Waals surface area contributed by atoms with Crippen LogP contribution in [0.15, 0.2) is 48.0 Å². The van der Waals surface area contributed by atoms with Crippen molar-refractivity contribution in [2.75, 3.05) is 20.6 Å². The molecule has 26 heavy (non-hydrogen) atoms. The summed E-state index contributed by atoms with van der Waals surface area (Å²) in [7, 11) is 3.97. The van der Waals surface area contributed by atoms with Gasteiger partial charge >= 0.3 is 0 Å². The first-order valence-electron chi connectivity index (χ1n) is 8.41. The fourth-order valence-electron chi connectivity index (χ4n) is 3.26. The molecule has 2 unspecified atom stereocenters. The molecule has 0 aliphatic carbocycles. The van der Waals surface area contributed by atoms with E-state index in [0.717, 1.165) is 11.1 Å². The van der Waals surface area contributed by atoms with E-state index in [2.05, 4.69) is 4.90 Å². The first-order valence-corrected chi connectivity index (χ1v) is 9.55. The van der Waals surface area contributed by atoms with Crippen LogP contribution in [0.25, 0.3) is 6.08 Å². The zero-order chi connectivity index (χ0) is 19.5. The second-order valence-electron chi connectivity index (χ2n) is 6.93. The molecule has 2 aromatic carbocycles. The molecule has 2 nitrogen and oxygen atoms in total. The summed E-state index contributed by atoms with van der Waals surface area (Å²) in [5.74, 6) is -0.0975. The first-order chi connectivity index (χ1) is 12.1. The van der Waals surface area contributed by atoms with E-state index in [0.29, 0.717) is 27.2 Å². The first kappa shape index (κ1) is 21.3. The lowest BCUT2D eigenvalue weighted by atomic mass is 9.76. The minimum atomic E-state index is -1.23. The highest BCUT2D eigenvalue weighted by Crippen LogP contribution is 2.42. The average molecular weight is 413 g/mol. The fourth-order valence-corrected chi connectivity index (χ4v) is 3.94. The van der Waals surface area contributed by atoms with Crippen LogP contribution in [0, 0.1) is 5.92 Å². The standard InChI is InChI=1S/C21H24Cl3NO/c1-14(11-16-5-7-17(22)8-6-16)21(26,15(2)13-25(3)4)19-10-9-18(23)12-20(19)24/h5-12,15,26H,13H2,1-4H3/b14-11+. The molecule has 0 amide bonds. The van der Waals surface area contributed by atoms with Crippen molar-refractivity contribution in [1.82, 2.24) is 4.90 Å². The molecule has 0 saturated heterocycles. The van der Waals surface area contributed by atoms with E-state index in [1.165, 1.54) is 0 Å². The zero-order valence-corrected chi connectivity index (χ0v) is 17.7. The molecule has 1 N–H and O–H groups in total. The van der Waals surface area contributed by atoms with Crippen LogP contribution in [0.2, 0.25) is 15.1 Å². The minimum Gasteiger partial charge on any atom is -0.380 e. The number of nitrogens with zero attached hydrogens (tertiary/aromatic N) is 1. The number of halogens is 3. The number of benzene rings is 2. The van der Waals surface area contributed by atoms with Crippen LogP contribution in [0.5, 0.6) is 0 Å². The van der Waals surface area contributed by atoms with Crippen molar-refractivity contribution < 1.29 is 5.11 Å². The second kappa shape index (κ2) is 8.77. The van der Waals surface area contributed by atoms with Crippen LogP contribution in [0.3, 0.4) is 0 Å². The van der Waals surface area contributed by atoms with E-state index in [-0.39, 0.29) is 5.92 Å². The van der Waals surface area contributed by atoms with Gasteiger partial charge in [-0.3, -0.25) is 0 Å². The summed E-state index contributed by atoms with van der Waals surface area (Å²) < 4.78 is 0. The summed E-state index contributed by atoms with van der Waals surface area (Å²) in [5, 5.41) is 13.5. The Morgan fingerprint density at radius 3 is 2.19 bits per heavy atom. The van der Waals surface area contributed by atoms with Gasteiger partial charge in [-0.05, 0) is 56.4 Å². The number of hydrogen-bond acceptors (Lipinski definition) is 2. The molecular weight excluding hydrogens is 389 g/mol. The van der Waals surface area contributed by atoms with Gasteiger partial charge in [-0.2, -0.15) is 0 Å². The highest BCUT2D eigenvalue weighted by Gasteiger charge is 2.39. The third-order valence-electron chi connectivity index (χ3n) is 4.55. The zero-order valence-electron chi connectivity index (χ0n) is 15.4. The summed E-state index contributed by atoms with van der Waals surface area (Å²) in [6, 6.07) is 12.7. The van der Waals surface area contributed by atoms with Crippen LogP contribution >= 0.6 is 34.8 Å². The molecule has 0 aromatic heterocycles. The van der Waals surface area contributed by atoms with Gasteiger partial charge in [0.05, 0.1) is 0 Å². The van der Waals surface area contributed by atoms with E-state index >= 15 is 0 Å². The van der Waals surface area contributed by atoms with Crippen molar-refractivity contribution in [2.45, 2.75) is 19.4 Å². The van der Waals surface area contributed by atoms with Gasteiger partial charge in [0.25, 0.3) is 0 Å². The van der Waals surface area contributed by atoms with E-state index in [1.807, 2.05) is 58.3 Å². The van der Waals surface area contributed by atoms with Crippen molar-refractivity contribution in [3.8, 4) is 0 Å². The van der Waals surface area contributed by atoms with Crippen LogP contribution in [0.1, 0.15) is 25.0 Å². The van der Waals surface area contributed by atoms with Crippen LogP contribution in [-0.4, -0.2) is 30.6 Å². The lowest BCUT2D eigenvalue weighted by molar-refractivity contribution is 0.0106. The highest BCUT2D eigenvalue weighted by atomic mass is 35.5. The Hall–Kier alpha value is -1.03. The van der Waals surface area contributed by atoms with Crippen molar-refractivity contribution >= 4 is 40.9 Å². The molecule has 0 saturated carbocycles. The van der Waals surface area contributed by atoms with Crippen molar-refractivity contribution in [1.29, 1.82) is 0 Å². The van der Waals surface area contributed by atoms with Gasteiger partial charge in [-0.1, -0.05) is 66.0 Å². The maximum absolute atomic E-state index is 11.8. The maximum atomic E-state index is 11.8. The molecule has 5 heteroatoms. The third-order valence-corrected chi connectivity index (χ3v) is 5.35. The SMILES string of the molecule is C/C(=C\c1ccc(Cl)cc1)C(O)(c1ccc(Cl)cc1Cl)C(C)CN(C)C. The summed E-state index contributed by atoms with van der Waals surface area (Å²) >= 11 is 18.5. The quantitative estimate of drug-likeness (QED) is 0.616. The summed E-state index contributed by atoms with van der Waals surface area (Å²) in [6.45, 7) is 4.64. The van der Waals surface area contributed by atoms with Gasteiger partial charge in [-0.15, -0.1) is 0 Å². The Kier molecular flexibility index (Phi) is 7.18. The van der Waals surface area contributed by atoms with E-state index < -0.39 is 5.60 Å². The number of hydrogen-bond donors (Lipinski definition) is 1. The monoisotopic (exact) mass is 411 g/mol. The third kappa shape index (κ3) is 4.82. The lowest BCUT2D eigenvalue weighted by Gasteiger charge is -2.38. The van der Waals surface area contributed by atoms with Crippen LogP contribution < -0.4 is 0 Å². The number of rotatable bonds is 6. The topological polar surface area (TPSA) is 23.5 Å². The molecule has 0 radical (unpaired) electrons. The van der Waals surface area contributed by atoms with Crippen molar-refractivity contribution in [2.24, 2.45) is 5.92 Å². The van der Waals surface area contributed by atoms with E-state index in [1.54, 1.807) is 18.2 Å². The predicted octanol–water partition coefficient (Wildman–Crippen LogP) is 6.14. The van der Waals surface area contributed by atoms with Crippen LogP contribution in [0.4, 0.5) is 0 Å². The second-order valence-corrected chi connectivity index (χ2v) is 8.21. The molecule has 0 bridgehead atoms. The summed E-state index contributed by atoms with van der Waals surface area (Å²) in [6.07, 6.45) is 1.97. The van der Waals surface area contributed by atoms with Gasteiger partial charge in [0.15, 0.2) is 0 Å². The van der Waals surface area contributed by atoms with Gasteiger partial charge < -0.3 is 10.0 Å². The Labute approximate surface area is 171 Å². The fraction of sp³-hybridized carbons (Fsp3) is 0.333. The summed E-state index contributed by atoms with van der Waals surface area (Å²) in [5.41, 5.74) is 1.19. The molecule has 140 valence electrons. The molecule has 2 rings (SSSR count). The van der Waals surface area contributed by atoms with Gasteiger partial charge in [0.2, 0.25) is 0 Å². The van der Waals surface area contributed by atoms with Gasteiger partial charge in [0.1, 0.15) is 5.60 Å². The predicted molar refractivity (Wildman–Crippen MR) is 113 cm³/mol. The summed E-state index contributed by atoms with van der Waals surface area (Å²) in [4.78, 5) is 2.05. The number of aliphatic hydroxyl groups is 1. The molecule has 0 heterocycles. The lowest BCUT2D eigenvalue weighted by Crippen LogP contribution is -2.40. The molecule has 2 aromatic rings. The van der Waals surface area contributed by atoms with E-state index in [4.69, 9.17) is 34.8 Å². The largest absolute Gasteiger partial charge is 0.380 e. The van der Waals surface area contributed by atoms with Crippen molar-refractivity contribution in [3.63, 3.8) is 0 Å². The van der Waals surface area contributed by atoms with Gasteiger partial charge in [-0.25, -0.2) is 0 Å². The Bertz CT molecular complexity index is 786. The Balaban J connectivity index is 2.57. The molecular formula is C21H24Cl3NO. The Morgan fingerprint density at radius 1 is 1.08 bits per heavy atom. The highest BCUT2D eigenvalue weighted by molar-refractivity contribution is 6.35. The van der Waals surface area contributed by atoms with E-state index in [9.17, 15) is 5.11 Å². The minimum absolute atomic E-state index is 0.0975. The normalized spacial score (nSPS) is 15.8. The smallest absolute Gasteiger partial charge is 0.116 e. The van der Waals surface area contributed by atoms with Gasteiger partial charge in [0, 0.05) is 33.1 Å². The molecule has 0 aliphatic heterocycles. The molecule has 0 fully saturated rings. The maximum Gasteiger partial charge on any atom is 0.116 e. The van der Waals surface area contributed by atoms with Crippen molar-refractivity contribution in [3.05, 3.63) is 74.2 Å².